The van der Waals surface area contributed by atoms with E-state index in [4.69, 9.17) is 0 Å². The molecule has 2 aromatic heterocycles. The van der Waals surface area contributed by atoms with Crippen LogP contribution in [0.5, 0.6) is 0 Å². The van der Waals surface area contributed by atoms with E-state index in [1.807, 2.05) is 52.8 Å². The van der Waals surface area contributed by atoms with Gasteiger partial charge in [0.15, 0.2) is 0 Å². The van der Waals surface area contributed by atoms with Gasteiger partial charge in [-0.25, -0.2) is 0 Å². The first-order chi connectivity index (χ1) is 20.9. The molecule has 2 aliphatic heterocycles. The van der Waals surface area contributed by atoms with E-state index in [0.29, 0.717) is 56.1 Å². The highest BCUT2D eigenvalue weighted by Gasteiger charge is 2.25. The minimum atomic E-state index is -0.848. The van der Waals surface area contributed by atoms with Gasteiger partial charge in [0.2, 0.25) is 0 Å². The van der Waals surface area contributed by atoms with Crippen LogP contribution in [0.15, 0.2) is 39.8 Å². The van der Waals surface area contributed by atoms with Crippen LogP contribution in [0.4, 0.5) is 0 Å². The Bertz CT molecular complexity index is 1630. The van der Waals surface area contributed by atoms with Crippen molar-refractivity contribution < 1.29 is 29.4 Å². The Kier molecular flexibility index (Phi) is 10.1. The topological polar surface area (TPSA) is 164 Å². The number of H-pyrrole nitrogens is 2. The summed E-state index contributed by atoms with van der Waals surface area (Å²) in [5.74, 6) is -1.90. The average molecular weight is 603 g/mol. The standard InChI is InChI=1S/C34H42N4O6/c1-6-23-19(4)33(43)37-28(23)15-22-14-21(10-8-12-31(39)40)27(35-22)17-30-25(11-9-13-32(41)42)18(3)26(36-30)16-29-24(7-2)20(5)34(44)38-29/h14-16,35-36H,6-13,17H2,1-5H3,(H,37,43)(H,38,44)(H,39,40)(H,41,42)/b28-15-,29-16-. The van der Waals surface area contributed by atoms with E-state index in [2.05, 4.69) is 20.6 Å². The van der Waals surface area contributed by atoms with E-state index in [0.717, 1.165) is 62.0 Å². The number of aliphatic carboxylic acids is 2. The van der Waals surface area contributed by atoms with Gasteiger partial charge in [0.1, 0.15) is 0 Å². The molecule has 0 bridgehead atoms. The van der Waals surface area contributed by atoms with E-state index in [-0.39, 0.29) is 24.7 Å². The fourth-order valence-electron chi connectivity index (χ4n) is 6.12. The van der Waals surface area contributed by atoms with Gasteiger partial charge in [-0.1, -0.05) is 13.8 Å². The second-order valence-electron chi connectivity index (χ2n) is 11.5. The first-order valence-corrected chi connectivity index (χ1v) is 15.2. The SMILES string of the molecule is CCC1=C(C)C(=O)N/C1=C\c1cc(CCCC(=O)O)c(Cc2[nH]c(/C=C3\NC(=O)C(C)=C3CC)c(C)c2CCCC(=O)O)[nH]1. The molecule has 0 spiro atoms. The first kappa shape index (κ1) is 32.3. The van der Waals surface area contributed by atoms with Crippen LogP contribution in [0.2, 0.25) is 0 Å². The fraction of sp³-hybridized carbons (Fsp3) is 0.412. The number of carbonyl (C=O) groups excluding carboxylic acids is 2. The number of carboxylic acid groups (broad SMARTS) is 2. The van der Waals surface area contributed by atoms with Crippen molar-refractivity contribution in [3.8, 4) is 0 Å². The summed E-state index contributed by atoms with van der Waals surface area (Å²) in [5, 5.41) is 24.4. The third kappa shape index (κ3) is 7.12. The molecule has 0 saturated carbocycles. The van der Waals surface area contributed by atoms with E-state index in [1.165, 1.54) is 0 Å². The Hall–Kier alpha value is -4.60. The quantitative estimate of drug-likeness (QED) is 0.168. The Morgan fingerprint density at radius 2 is 1.32 bits per heavy atom. The highest BCUT2D eigenvalue weighted by Crippen LogP contribution is 2.31. The molecule has 2 aromatic rings. The van der Waals surface area contributed by atoms with Crippen LogP contribution in [0.1, 0.15) is 106 Å². The van der Waals surface area contributed by atoms with E-state index < -0.39 is 11.9 Å². The molecule has 0 fully saturated rings. The lowest BCUT2D eigenvalue weighted by atomic mass is 9.99. The minimum Gasteiger partial charge on any atom is -0.481 e. The van der Waals surface area contributed by atoms with Crippen LogP contribution in [0.3, 0.4) is 0 Å². The second kappa shape index (κ2) is 13.8. The number of amides is 2. The van der Waals surface area contributed by atoms with Gasteiger partial charge in [0, 0.05) is 64.6 Å². The number of rotatable bonds is 14. The van der Waals surface area contributed by atoms with Gasteiger partial charge in [-0.2, -0.15) is 0 Å². The zero-order valence-electron chi connectivity index (χ0n) is 26.1. The maximum atomic E-state index is 12.4. The third-order valence-corrected chi connectivity index (χ3v) is 8.56. The first-order valence-electron chi connectivity index (χ1n) is 15.2. The second-order valence-corrected chi connectivity index (χ2v) is 11.5. The molecule has 10 heteroatoms. The summed E-state index contributed by atoms with van der Waals surface area (Å²) in [4.78, 5) is 54.3. The van der Waals surface area contributed by atoms with Gasteiger partial charge in [-0.05, 0) is 105 Å². The van der Waals surface area contributed by atoms with Crippen molar-refractivity contribution in [1.29, 1.82) is 0 Å². The molecule has 0 saturated heterocycles. The Morgan fingerprint density at radius 1 is 0.773 bits per heavy atom. The highest BCUT2D eigenvalue weighted by atomic mass is 16.4. The van der Waals surface area contributed by atoms with Crippen LogP contribution >= 0.6 is 0 Å². The summed E-state index contributed by atoms with van der Waals surface area (Å²) in [5.41, 5.74) is 11.4. The lowest BCUT2D eigenvalue weighted by Crippen LogP contribution is -2.15. The minimum absolute atomic E-state index is 0.0528. The Balaban J connectivity index is 1.74. The monoisotopic (exact) mass is 602 g/mol. The summed E-state index contributed by atoms with van der Waals surface area (Å²) in [6, 6.07) is 2.01. The van der Waals surface area contributed by atoms with Crippen molar-refractivity contribution in [2.24, 2.45) is 0 Å². The number of aromatic amines is 2. The third-order valence-electron chi connectivity index (χ3n) is 8.56. The number of hydrogen-bond donors (Lipinski definition) is 6. The summed E-state index contributed by atoms with van der Waals surface area (Å²) in [6.07, 6.45) is 7.97. The average Bonchev–Trinajstić information content (AvgIpc) is 3.64. The summed E-state index contributed by atoms with van der Waals surface area (Å²) in [6.45, 7) is 9.66. The molecule has 0 unspecified atom stereocenters. The van der Waals surface area contributed by atoms with E-state index in [9.17, 15) is 29.4 Å². The predicted molar refractivity (Wildman–Crippen MR) is 168 cm³/mol. The molecule has 2 amide bonds. The normalized spacial score (nSPS) is 16.9. The summed E-state index contributed by atoms with van der Waals surface area (Å²) >= 11 is 0. The van der Waals surface area contributed by atoms with Crippen LogP contribution in [0.25, 0.3) is 12.2 Å². The van der Waals surface area contributed by atoms with Crippen molar-refractivity contribution in [3.05, 3.63) is 79.2 Å². The number of allylic oxidation sites excluding steroid dienone is 2. The lowest BCUT2D eigenvalue weighted by molar-refractivity contribution is -0.138. The number of hydrogen-bond acceptors (Lipinski definition) is 4. The Morgan fingerprint density at radius 3 is 1.86 bits per heavy atom. The van der Waals surface area contributed by atoms with Crippen molar-refractivity contribution in [2.45, 2.75) is 92.4 Å². The number of aryl methyl sites for hydroxylation is 1. The number of carboxylic acids is 2. The van der Waals surface area contributed by atoms with Crippen molar-refractivity contribution in [1.82, 2.24) is 20.6 Å². The number of nitrogens with one attached hydrogen (secondary N) is 4. The van der Waals surface area contributed by atoms with Crippen molar-refractivity contribution in [3.63, 3.8) is 0 Å². The predicted octanol–water partition coefficient (Wildman–Crippen LogP) is 5.45. The van der Waals surface area contributed by atoms with Gasteiger partial charge in [0.05, 0.1) is 0 Å². The van der Waals surface area contributed by atoms with Crippen LogP contribution < -0.4 is 10.6 Å². The molecule has 0 atom stereocenters. The summed E-state index contributed by atoms with van der Waals surface area (Å²) in [7, 11) is 0. The molecule has 2 aliphatic rings. The fourth-order valence-corrected chi connectivity index (χ4v) is 6.12. The smallest absolute Gasteiger partial charge is 0.303 e. The van der Waals surface area contributed by atoms with Crippen molar-refractivity contribution >= 4 is 35.9 Å². The van der Waals surface area contributed by atoms with Gasteiger partial charge in [-0.15, -0.1) is 0 Å². The van der Waals surface area contributed by atoms with Gasteiger partial charge in [-0.3, -0.25) is 19.2 Å². The largest absolute Gasteiger partial charge is 0.481 e. The maximum absolute atomic E-state index is 12.4. The van der Waals surface area contributed by atoms with Gasteiger partial charge in [0.25, 0.3) is 11.8 Å². The molecule has 0 aromatic carbocycles. The van der Waals surface area contributed by atoms with E-state index >= 15 is 0 Å². The molecule has 10 nitrogen and oxygen atoms in total. The van der Waals surface area contributed by atoms with Gasteiger partial charge < -0.3 is 30.8 Å². The van der Waals surface area contributed by atoms with Crippen LogP contribution in [0, 0.1) is 6.92 Å². The van der Waals surface area contributed by atoms with Gasteiger partial charge >= 0.3 is 11.9 Å². The zero-order chi connectivity index (χ0) is 32.1. The molecular formula is C34H42N4O6. The molecule has 0 aliphatic carbocycles. The van der Waals surface area contributed by atoms with Crippen LogP contribution in [-0.4, -0.2) is 43.9 Å². The lowest BCUT2D eigenvalue weighted by Gasteiger charge is -2.07. The maximum Gasteiger partial charge on any atom is 0.303 e. The zero-order valence-corrected chi connectivity index (χ0v) is 26.1. The molecule has 0 radical (unpaired) electrons. The number of carbonyl (C=O) groups is 4. The highest BCUT2D eigenvalue weighted by molar-refractivity contribution is 6.01. The molecule has 4 rings (SSSR count). The number of aromatic nitrogens is 2. The molecule has 4 heterocycles. The molecular weight excluding hydrogens is 560 g/mol. The van der Waals surface area contributed by atoms with Crippen molar-refractivity contribution in [2.75, 3.05) is 0 Å². The summed E-state index contributed by atoms with van der Waals surface area (Å²) < 4.78 is 0. The molecule has 234 valence electrons. The molecule has 6 N–H and O–H groups in total. The Labute approximate surface area is 257 Å². The van der Waals surface area contributed by atoms with Crippen LogP contribution in [-0.2, 0) is 38.4 Å². The van der Waals surface area contributed by atoms with E-state index in [1.54, 1.807) is 0 Å². The molecule has 44 heavy (non-hydrogen) atoms.